The minimum absolute atomic E-state index is 0.0172. The molecule has 5 heteroatoms. The summed E-state index contributed by atoms with van der Waals surface area (Å²) in [7, 11) is 0. The third-order valence-corrected chi connectivity index (χ3v) is 6.55. The van der Waals surface area contributed by atoms with Gasteiger partial charge in [-0.2, -0.15) is 0 Å². The zero-order valence-electron chi connectivity index (χ0n) is 26.7. The van der Waals surface area contributed by atoms with Gasteiger partial charge in [0.15, 0.2) is 0 Å². The summed E-state index contributed by atoms with van der Waals surface area (Å²) in [4.78, 5) is 24.6. The molecule has 1 rings (SSSR count). The number of ether oxygens (including phenoxy) is 2. The first-order chi connectivity index (χ1) is 19.5. The fourth-order valence-electron chi connectivity index (χ4n) is 3.90. The summed E-state index contributed by atoms with van der Waals surface area (Å²) >= 11 is 0. The van der Waals surface area contributed by atoms with Gasteiger partial charge < -0.3 is 13.9 Å². The molecule has 41 heavy (non-hydrogen) atoms. The van der Waals surface area contributed by atoms with Crippen LogP contribution in [0.4, 0.5) is 0 Å². The molecule has 0 spiro atoms. The molecule has 0 radical (unpaired) electrons. The molecule has 0 atom stereocenters. The van der Waals surface area contributed by atoms with Crippen LogP contribution >= 0.6 is 0 Å². The SMILES string of the molecule is CC(C)=CCC/C(C)=C/CC/C(C)=C/COC(=O)c1ccc(C(=O)OC/C=C(\C)CC/C=C(\C)CCC=C(C)C)o1. The van der Waals surface area contributed by atoms with Gasteiger partial charge in [0, 0.05) is 0 Å². The Kier molecular flexibility index (Phi) is 17.9. The monoisotopic (exact) mass is 564 g/mol. The standard InChI is InChI=1S/C36H52O5/c1-27(2)13-9-15-29(5)17-11-19-31(7)23-25-39-35(37)33-21-22-34(41-33)36(38)40-26-24-32(8)20-12-18-30(6)16-10-14-28(3)4/h13-14,17-18,21-24H,9-12,15-16,19-20,25-26H2,1-8H3/b29-17+,30-18+,31-23+,32-24+. The van der Waals surface area contributed by atoms with Gasteiger partial charge >= 0.3 is 11.9 Å². The topological polar surface area (TPSA) is 65.7 Å². The average Bonchev–Trinajstić information content (AvgIpc) is 3.39. The zero-order valence-corrected chi connectivity index (χ0v) is 26.7. The van der Waals surface area contributed by atoms with Crippen LogP contribution in [0.1, 0.15) is 128 Å². The maximum absolute atomic E-state index is 12.3. The van der Waals surface area contributed by atoms with Crippen LogP contribution in [0.2, 0.25) is 0 Å². The van der Waals surface area contributed by atoms with E-state index in [9.17, 15) is 9.59 Å². The fourth-order valence-corrected chi connectivity index (χ4v) is 3.90. The molecule has 1 aromatic rings. The summed E-state index contributed by atoms with van der Waals surface area (Å²) in [5.41, 5.74) is 7.80. The Bertz CT molecular complexity index is 1050. The second-order valence-electron chi connectivity index (χ2n) is 11.3. The van der Waals surface area contributed by atoms with Crippen LogP contribution < -0.4 is 0 Å². The molecule has 0 saturated carbocycles. The number of rotatable bonds is 18. The lowest BCUT2D eigenvalue weighted by Crippen LogP contribution is -2.06. The first kappa shape index (κ1) is 35.7. The molecule has 1 aromatic heterocycles. The van der Waals surface area contributed by atoms with Crippen LogP contribution in [-0.2, 0) is 9.47 Å². The van der Waals surface area contributed by atoms with Gasteiger partial charge in [0.05, 0.1) is 0 Å². The van der Waals surface area contributed by atoms with Gasteiger partial charge in [-0.15, -0.1) is 0 Å². The molecule has 226 valence electrons. The van der Waals surface area contributed by atoms with Gasteiger partial charge in [0.25, 0.3) is 0 Å². The Balaban J connectivity index is 2.38. The van der Waals surface area contributed by atoms with Crippen molar-refractivity contribution in [3.05, 3.63) is 93.5 Å². The zero-order chi connectivity index (χ0) is 30.6. The molecular formula is C36H52O5. The molecule has 0 amide bonds. The van der Waals surface area contributed by atoms with E-state index in [0.29, 0.717) is 0 Å². The molecule has 0 fully saturated rings. The van der Waals surface area contributed by atoms with E-state index in [4.69, 9.17) is 13.9 Å². The minimum Gasteiger partial charge on any atom is -0.456 e. The van der Waals surface area contributed by atoms with Gasteiger partial charge in [-0.25, -0.2) is 9.59 Å². The molecule has 0 saturated heterocycles. The van der Waals surface area contributed by atoms with Crippen molar-refractivity contribution >= 4 is 11.9 Å². The normalized spacial score (nSPS) is 12.7. The molecule has 0 aliphatic heterocycles. The van der Waals surface area contributed by atoms with E-state index in [2.05, 4.69) is 65.8 Å². The Hall–Kier alpha value is -3.34. The summed E-state index contributed by atoms with van der Waals surface area (Å²) in [5.74, 6) is -1.25. The number of hydrogen-bond acceptors (Lipinski definition) is 5. The molecule has 0 unspecified atom stereocenters. The maximum atomic E-state index is 12.3. The number of carbonyl (C=O) groups excluding carboxylic acids is 2. The minimum atomic E-state index is -0.608. The third kappa shape index (κ3) is 17.9. The molecule has 0 aliphatic rings. The number of furan rings is 1. The highest BCUT2D eigenvalue weighted by Crippen LogP contribution is 2.14. The Morgan fingerprint density at radius 1 is 0.537 bits per heavy atom. The molecule has 0 N–H and O–H groups in total. The number of esters is 2. The van der Waals surface area contributed by atoms with Crippen molar-refractivity contribution in [3.8, 4) is 0 Å². The quantitative estimate of drug-likeness (QED) is 0.131. The van der Waals surface area contributed by atoms with E-state index in [0.717, 1.165) is 62.5 Å². The van der Waals surface area contributed by atoms with Crippen molar-refractivity contribution in [2.45, 2.75) is 107 Å². The summed E-state index contributed by atoms with van der Waals surface area (Å²) in [5, 5.41) is 0. The summed E-state index contributed by atoms with van der Waals surface area (Å²) in [6.07, 6.45) is 20.9. The molecule has 1 heterocycles. The van der Waals surface area contributed by atoms with Crippen molar-refractivity contribution in [1.29, 1.82) is 0 Å². The Labute approximate surface area is 248 Å². The number of hydrogen-bond donors (Lipinski definition) is 0. The lowest BCUT2D eigenvalue weighted by atomic mass is 10.1. The van der Waals surface area contributed by atoms with Crippen LogP contribution in [0.25, 0.3) is 0 Å². The summed E-state index contributed by atoms with van der Waals surface area (Å²) in [6, 6.07) is 2.87. The highest BCUT2D eigenvalue weighted by atomic mass is 16.6. The van der Waals surface area contributed by atoms with Gasteiger partial charge in [-0.3, -0.25) is 0 Å². The molecule has 5 nitrogen and oxygen atoms in total. The highest BCUT2D eigenvalue weighted by Gasteiger charge is 2.17. The van der Waals surface area contributed by atoms with E-state index in [1.165, 1.54) is 34.4 Å². The lowest BCUT2D eigenvalue weighted by molar-refractivity contribution is 0.0478. The molecule has 0 aromatic carbocycles. The van der Waals surface area contributed by atoms with Crippen LogP contribution in [0, 0.1) is 0 Å². The van der Waals surface area contributed by atoms with Crippen LogP contribution in [-0.4, -0.2) is 25.2 Å². The molecular weight excluding hydrogens is 512 g/mol. The van der Waals surface area contributed by atoms with Crippen molar-refractivity contribution in [2.75, 3.05) is 13.2 Å². The first-order valence-electron chi connectivity index (χ1n) is 14.8. The van der Waals surface area contributed by atoms with Crippen molar-refractivity contribution in [2.24, 2.45) is 0 Å². The van der Waals surface area contributed by atoms with Crippen LogP contribution in [0.15, 0.2) is 86.4 Å². The average molecular weight is 565 g/mol. The first-order valence-corrected chi connectivity index (χ1v) is 14.8. The summed E-state index contributed by atoms with van der Waals surface area (Å²) < 4.78 is 16.0. The second kappa shape index (κ2) is 20.5. The Morgan fingerprint density at radius 3 is 1.20 bits per heavy atom. The fraction of sp³-hybridized carbons (Fsp3) is 0.500. The van der Waals surface area contributed by atoms with Crippen molar-refractivity contribution in [3.63, 3.8) is 0 Å². The molecule has 0 bridgehead atoms. The van der Waals surface area contributed by atoms with E-state index in [-0.39, 0.29) is 24.7 Å². The van der Waals surface area contributed by atoms with Crippen LogP contribution in [0.3, 0.4) is 0 Å². The highest BCUT2D eigenvalue weighted by molar-refractivity contribution is 5.90. The van der Waals surface area contributed by atoms with Crippen molar-refractivity contribution < 1.29 is 23.5 Å². The van der Waals surface area contributed by atoms with E-state index < -0.39 is 11.9 Å². The maximum Gasteiger partial charge on any atom is 0.374 e. The molecule has 0 aliphatic carbocycles. The number of carbonyl (C=O) groups is 2. The van der Waals surface area contributed by atoms with Gasteiger partial charge in [-0.05, 0) is 131 Å². The lowest BCUT2D eigenvalue weighted by Gasteiger charge is -2.03. The van der Waals surface area contributed by atoms with Gasteiger partial charge in [0.2, 0.25) is 11.5 Å². The smallest absolute Gasteiger partial charge is 0.374 e. The van der Waals surface area contributed by atoms with Crippen LogP contribution in [0.5, 0.6) is 0 Å². The van der Waals surface area contributed by atoms with E-state index in [1.54, 1.807) is 0 Å². The number of allylic oxidation sites excluding steroid dienone is 10. The van der Waals surface area contributed by atoms with E-state index >= 15 is 0 Å². The second-order valence-corrected chi connectivity index (χ2v) is 11.3. The third-order valence-electron chi connectivity index (χ3n) is 6.55. The predicted octanol–water partition coefficient (Wildman–Crippen LogP) is 10.4. The Morgan fingerprint density at radius 2 is 0.854 bits per heavy atom. The van der Waals surface area contributed by atoms with Gasteiger partial charge in [-0.1, -0.05) is 57.7 Å². The van der Waals surface area contributed by atoms with Crippen molar-refractivity contribution in [1.82, 2.24) is 0 Å². The summed E-state index contributed by atoms with van der Waals surface area (Å²) in [6.45, 7) is 17.2. The van der Waals surface area contributed by atoms with Gasteiger partial charge in [0.1, 0.15) is 13.2 Å². The predicted molar refractivity (Wildman–Crippen MR) is 170 cm³/mol. The largest absolute Gasteiger partial charge is 0.456 e. The van der Waals surface area contributed by atoms with E-state index in [1.807, 2.05) is 26.0 Å².